The zero-order chi connectivity index (χ0) is 17.0. The van der Waals surface area contributed by atoms with Gasteiger partial charge < -0.3 is 5.32 Å². The average molecular weight is 348 g/mol. The molecule has 1 aromatic rings. The van der Waals surface area contributed by atoms with E-state index in [1.165, 1.54) is 18.4 Å². The third kappa shape index (κ3) is 4.24. The van der Waals surface area contributed by atoms with Crippen LogP contribution in [0.3, 0.4) is 0 Å². The van der Waals surface area contributed by atoms with E-state index in [-0.39, 0.29) is 10.8 Å². The molecule has 0 bridgehead atoms. The molecule has 130 valence electrons. The fourth-order valence-electron chi connectivity index (χ4n) is 3.28. The van der Waals surface area contributed by atoms with Gasteiger partial charge in [0.05, 0.1) is 4.90 Å². The predicted octanol–water partition coefficient (Wildman–Crippen LogP) is 3.13. The van der Waals surface area contributed by atoms with Crippen molar-refractivity contribution < 1.29 is 13.2 Å². The number of benzene rings is 1. The van der Waals surface area contributed by atoms with Crippen molar-refractivity contribution in [2.24, 2.45) is 0 Å². The van der Waals surface area contributed by atoms with Gasteiger partial charge in [0.15, 0.2) is 0 Å². The average Bonchev–Trinajstić information content (AvgIpc) is 2.75. The topological polar surface area (TPSA) is 75.3 Å². The molecule has 0 radical (unpaired) electrons. The van der Waals surface area contributed by atoms with E-state index in [1.54, 1.807) is 18.2 Å². The maximum absolute atomic E-state index is 12.5. The number of nitrogens with one attached hydrogen (secondary N) is 2. The van der Waals surface area contributed by atoms with E-state index < -0.39 is 10.0 Å². The molecule has 2 aliphatic rings. The van der Waals surface area contributed by atoms with Gasteiger partial charge in [0, 0.05) is 18.7 Å². The largest absolute Gasteiger partial charge is 0.326 e. The lowest BCUT2D eigenvalue weighted by Gasteiger charge is -2.14. The molecule has 0 saturated heterocycles. The first-order valence-electron chi connectivity index (χ1n) is 8.65. The van der Waals surface area contributed by atoms with Crippen molar-refractivity contribution in [2.75, 3.05) is 11.9 Å². The minimum atomic E-state index is -3.51. The van der Waals surface area contributed by atoms with E-state index in [0.29, 0.717) is 19.4 Å². The van der Waals surface area contributed by atoms with Crippen molar-refractivity contribution in [2.45, 2.75) is 56.3 Å². The van der Waals surface area contributed by atoms with Crippen molar-refractivity contribution in [1.29, 1.82) is 0 Å². The summed E-state index contributed by atoms with van der Waals surface area (Å²) in [5, 5.41) is 2.83. The number of allylic oxidation sites excluding steroid dienone is 1. The number of amides is 1. The quantitative estimate of drug-likeness (QED) is 0.803. The molecule has 0 saturated carbocycles. The minimum Gasteiger partial charge on any atom is -0.326 e. The third-order valence-corrected chi connectivity index (χ3v) is 6.09. The zero-order valence-corrected chi connectivity index (χ0v) is 14.6. The Kier molecular flexibility index (Phi) is 5.36. The Balaban J connectivity index is 1.67. The number of carbonyl (C=O) groups is 1. The molecule has 1 aliphatic heterocycles. The molecule has 24 heavy (non-hydrogen) atoms. The van der Waals surface area contributed by atoms with Crippen LogP contribution in [0.1, 0.15) is 50.5 Å². The highest BCUT2D eigenvalue weighted by Crippen LogP contribution is 2.25. The summed E-state index contributed by atoms with van der Waals surface area (Å²) in [4.78, 5) is 11.8. The molecule has 5 nitrogen and oxygen atoms in total. The van der Waals surface area contributed by atoms with Gasteiger partial charge >= 0.3 is 0 Å². The lowest BCUT2D eigenvalue weighted by atomic mass is 9.97. The van der Waals surface area contributed by atoms with Gasteiger partial charge in [0.1, 0.15) is 0 Å². The van der Waals surface area contributed by atoms with Crippen LogP contribution < -0.4 is 10.0 Å². The van der Waals surface area contributed by atoms with E-state index in [9.17, 15) is 13.2 Å². The molecule has 1 aromatic carbocycles. The Morgan fingerprint density at radius 3 is 2.75 bits per heavy atom. The molecule has 6 heteroatoms. The van der Waals surface area contributed by atoms with E-state index in [0.717, 1.165) is 36.9 Å². The Labute approximate surface area is 143 Å². The first-order chi connectivity index (χ1) is 11.5. The number of hydrogen-bond donors (Lipinski definition) is 2. The van der Waals surface area contributed by atoms with Crippen LogP contribution in [0.25, 0.3) is 0 Å². The Morgan fingerprint density at radius 2 is 1.96 bits per heavy atom. The fourth-order valence-corrected chi connectivity index (χ4v) is 4.36. The van der Waals surface area contributed by atoms with Crippen molar-refractivity contribution in [3.8, 4) is 0 Å². The van der Waals surface area contributed by atoms with Crippen molar-refractivity contribution in [3.63, 3.8) is 0 Å². The van der Waals surface area contributed by atoms with Gasteiger partial charge in [-0.15, -0.1) is 0 Å². The van der Waals surface area contributed by atoms with Crippen LogP contribution in [0.15, 0.2) is 34.7 Å². The molecule has 0 atom stereocenters. The number of fused-ring (bicyclic) bond motifs is 1. The molecule has 0 fully saturated rings. The molecular formula is C18H24N2O3S. The fraction of sp³-hybridized carbons (Fsp3) is 0.500. The highest BCUT2D eigenvalue weighted by molar-refractivity contribution is 7.89. The molecule has 2 N–H and O–H groups in total. The second kappa shape index (κ2) is 7.49. The Morgan fingerprint density at radius 1 is 1.08 bits per heavy atom. The summed E-state index contributed by atoms with van der Waals surface area (Å²) < 4.78 is 27.7. The normalized spacial score (nSPS) is 18.3. The molecule has 0 unspecified atom stereocenters. The zero-order valence-electron chi connectivity index (χ0n) is 13.8. The molecule has 1 amide bonds. The summed E-state index contributed by atoms with van der Waals surface area (Å²) >= 11 is 0. The van der Waals surface area contributed by atoms with Gasteiger partial charge in [0.25, 0.3) is 0 Å². The monoisotopic (exact) mass is 348 g/mol. The summed E-state index contributed by atoms with van der Waals surface area (Å²) in [6.45, 7) is 0.433. The number of anilines is 1. The first-order valence-corrected chi connectivity index (χ1v) is 10.1. The summed E-state index contributed by atoms with van der Waals surface area (Å²) in [7, 11) is -3.51. The molecular weight excluding hydrogens is 324 g/mol. The maximum Gasteiger partial charge on any atom is 0.240 e. The van der Waals surface area contributed by atoms with Crippen LogP contribution in [0, 0.1) is 0 Å². The van der Waals surface area contributed by atoms with Gasteiger partial charge in [-0.2, -0.15) is 0 Å². The number of rotatable bonds is 5. The smallest absolute Gasteiger partial charge is 0.240 e. The van der Waals surface area contributed by atoms with Gasteiger partial charge in [-0.3, -0.25) is 4.79 Å². The summed E-state index contributed by atoms with van der Waals surface area (Å²) in [5.41, 5.74) is 2.97. The molecule has 3 rings (SSSR count). The highest BCUT2D eigenvalue weighted by Gasteiger charge is 2.18. The van der Waals surface area contributed by atoms with Crippen LogP contribution in [0.4, 0.5) is 5.69 Å². The van der Waals surface area contributed by atoms with Crippen LogP contribution in [0.5, 0.6) is 0 Å². The maximum atomic E-state index is 12.5. The van der Waals surface area contributed by atoms with Crippen LogP contribution >= 0.6 is 0 Å². The molecule has 0 spiro atoms. The standard InChI is InChI=1S/C18H24N2O3S/c21-18-8-4-7-15-13-16(9-10-17(15)20-18)24(22,23)19-12-11-14-5-2-1-3-6-14/h5,9-10,13,19H,1-4,6-8,11-12H2,(H,20,21). The number of sulfonamides is 1. The van der Waals surface area contributed by atoms with Crippen molar-refractivity contribution >= 4 is 21.6 Å². The Bertz CT molecular complexity index is 754. The van der Waals surface area contributed by atoms with E-state index in [2.05, 4.69) is 16.1 Å². The minimum absolute atomic E-state index is 0.0109. The Hall–Kier alpha value is -1.66. The first kappa shape index (κ1) is 17.2. The van der Waals surface area contributed by atoms with Crippen molar-refractivity contribution in [1.82, 2.24) is 4.72 Å². The third-order valence-electron chi connectivity index (χ3n) is 4.63. The van der Waals surface area contributed by atoms with Crippen LogP contribution in [-0.4, -0.2) is 20.9 Å². The molecule has 1 heterocycles. The van der Waals surface area contributed by atoms with Gasteiger partial charge in [0.2, 0.25) is 15.9 Å². The SMILES string of the molecule is O=C1CCCc2cc(S(=O)(=O)NCCC3=CCCCC3)ccc2N1. The second-order valence-corrected chi connectivity index (χ2v) is 8.24. The molecule has 0 aromatic heterocycles. The second-order valence-electron chi connectivity index (χ2n) is 6.48. The summed E-state index contributed by atoms with van der Waals surface area (Å²) in [6, 6.07) is 4.94. The van der Waals surface area contributed by atoms with Gasteiger partial charge in [-0.25, -0.2) is 13.1 Å². The highest BCUT2D eigenvalue weighted by atomic mass is 32.2. The van der Waals surface area contributed by atoms with Gasteiger partial charge in [-0.05, 0) is 68.7 Å². The lowest BCUT2D eigenvalue weighted by Crippen LogP contribution is -2.25. The number of aryl methyl sites for hydroxylation is 1. The predicted molar refractivity (Wildman–Crippen MR) is 94.4 cm³/mol. The van der Waals surface area contributed by atoms with E-state index in [1.807, 2.05) is 0 Å². The van der Waals surface area contributed by atoms with Crippen LogP contribution in [0.2, 0.25) is 0 Å². The van der Waals surface area contributed by atoms with Crippen LogP contribution in [-0.2, 0) is 21.2 Å². The molecule has 1 aliphatic carbocycles. The number of carbonyl (C=O) groups excluding carboxylic acids is 1. The van der Waals surface area contributed by atoms with E-state index >= 15 is 0 Å². The lowest BCUT2D eigenvalue weighted by molar-refractivity contribution is -0.116. The summed E-state index contributed by atoms with van der Waals surface area (Å²) in [6.07, 6.45) is 9.58. The van der Waals surface area contributed by atoms with E-state index in [4.69, 9.17) is 0 Å². The van der Waals surface area contributed by atoms with Crippen molar-refractivity contribution in [3.05, 3.63) is 35.4 Å². The van der Waals surface area contributed by atoms with Gasteiger partial charge in [-0.1, -0.05) is 11.6 Å². The summed E-state index contributed by atoms with van der Waals surface area (Å²) in [5.74, 6) is -0.0109. The number of hydrogen-bond acceptors (Lipinski definition) is 3.